The number of nitrogens with one attached hydrogen (secondary N) is 1. The Bertz CT molecular complexity index is 1160. The van der Waals surface area contributed by atoms with E-state index >= 15 is 0 Å². The monoisotopic (exact) mass is 460 g/mol. The van der Waals surface area contributed by atoms with Crippen molar-refractivity contribution in [1.82, 2.24) is 15.0 Å². The number of rotatable bonds is 12. The zero-order valence-electron chi connectivity index (χ0n) is 18.7. The van der Waals surface area contributed by atoms with E-state index in [2.05, 4.69) is 32.4 Å². The first-order valence-corrected chi connectivity index (χ1v) is 12.2. The summed E-state index contributed by atoms with van der Waals surface area (Å²) in [6, 6.07) is 16.2. The molecule has 0 saturated carbocycles. The first-order chi connectivity index (χ1) is 16.3. The van der Waals surface area contributed by atoms with E-state index in [4.69, 9.17) is 9.47 Å². The largest absolute Gasteiger partial charge is 0.491 e. The molecule has 0 aliphatic carbocycles. The molecule has 3 heterocycles. The van der Waals surface area contributed by atoms with E-state index in [9.17, 15) is 0 Å². The van der Waals surface area contributed by atoms with Crippen LogP contribution in [0.15, 0.2) is 73.3 Å². The molecule has 6 nitrogen and oxygen atoms in total. The normalized spacial score (nSPS) is 10.9. The topological polar surface area (TPSA) is 69.2 Å². The molecule has 1 aromatic carbocycles. The predicted octanol–water partition coefficient (Wildman–Crippen LogP) is 5.27. The number of para-hydroxylation sites is 1. The summed E-state index contributed by atoms with van der Waals surface area (Å²) in [5.41, 5.74) is 5.23. The minimum Gasteiger partial charge on any atom is -0.491 e. The Kier molecular flexibility index (Phi) is 8.49. The van der Waals surface area contributed by atoms with Crippen molar-refractivity contribution in [2.45, 2.75) is 19.2 Å². The number of pyridine rings is 3. The highest BCUT2D eigenvalue weighted by Crippen LogP contribution is 2.21. The van der Waals surface area contributed by atoms with Crippen LogP contribution in [-0.2, 0) is 17.0 Å². The van der Waals surface area contributed by atoms with E-state index < -0.39 is 0 Å². The van der Waals surface area contributed by atoms with Gasteiger partial charge in [0.1, 0.15) is 12.4 Å². The molecule has 7 heteroatoms. The van der Waals surface area contributed by atoms with E-state index in [0.29, 0.717) is 26.4 Å². The number of hydrogen-bond donors (Lipinski definition) is 1. The average molecular weight is 461 g/mol. The van der Waals surface area contributed by atoms with Gasteiger partial charge in [-0.2, -0.15) is 11.8 Å². The summed E-state index contributed by atoms with van der Waals surface area (Å²) in [4.78, 5) is 13.1. The number of fused-ring (bicyclic) bond motifs is 1. The maximum Gasteiger partial charge on any atom is 0.125 e. The van der Waals surface area contributed by atoms with E-state index in [1.807, 2.05) is 73.7 Å². The molecule has 0 aliphatic heterocycles. The highest BCUT2D eigenvalue weighted by molar-refractivity contribution is 7.98. The van der Waals surface area contributed by atoms with Gasteiger partial charge in [0.25, 0.3) is 0 Å². The van der Waals surface area contributed by atoms with Gasteiger partial charge in [0.15, 0.2) is 0 Å². The Balaban J connectivity index is 1.17. The molecule has 3 aromatic heterocycles. The molecule has 0 aliphatic rings. The zero-order chi connectivity index (χ0) is 22.7. The number of benzene rings is 1. The first-order valence-electron chi connectivity index (χ1n) is 11.0. The summed E-state index contributed by atoms with van der Waals surface area (Å²) in [7, 11) is 0. The highest BCUT2D eigenvalue weighted by Gasteiger charge is 2.07. The van der Waals surface area contributed by atoms with Gasteiger partial charge < -0.3 is 14.8 Å². The van der Waals surface area contributed by atoms with Gasteiger partial charge in [-0.15, -0.1) is 0 Å². The molecule has 0 amide bonds. The van der Waals surface area contributed by atoms with Gasteiger partial charge in [-0.25, -0.2) is 0 Å². The standard InChI is InChI=1S/C26H28N4O2S/c1-20-25(18-29-23-16-22-4-2-3-5-24(22)30-17-23)28-11-8-26(20)32-13-12-31-14-15-33-19-21-6-9-27-10-7-21/h2-11,16-17,29H,12-15,18-19H2,1H3. The molecular weight excluding hydrogens is 432 g/mol. The number of aromatic nitrogens is 3. The van der Waals surface area contributed by atoms with E-state index in [1.54, 1.807) is 6.20 Å². The molecule has 170 valence electrons. The van der Waals surface area contributed by atoms with Crippen LogP contribution in [0, 0.1) is 6.92 Å². The highest BCUT2D eigenvalue weighted by atomic mass is 32.2. The number of hydrogen-bond acceptors (Lipinski definition) is 7. The van der Waals surface area contributed by atoms with E-state index in [-0.39, 0.29) is 0 Å². The molecule has 1 N–H and O–H groups in total. The van der Waals surface area contributed by atoms with Crippen LogP contribution in [0.4, 0.5) is 5.69 Å². The summed E-state index contributed by atoms with van der Waals surface area (Å²) >= 11 is 1.86. The lowest BCUT2D eigenvalue weighted by atomic mass is 10.2. The second kappa shape index (κ2) is 12.2. The van der Waals surface area contributed by atoms with Crippen molar-refractivity contribution in [3.05, 3.63) is 90.1 Å². The van der Waals surface area contributed by atoms with Crippen LogP contribution < -0.4 is 10.1 Å². The Morgan fingerprint density at radius 1 is 0.939 bits per heavy atom. The molecule has 0 spiro atoms. The third-order valence-corrected chi connectivity index (χ3v) is 6.18. The van der Waals surface area contributed by atoms with Gasteiger partial charge in [-0.05, 0) is 42.8 Å². The molecule has 4 aromatic rings. The second-order valence-corrected chi connectivity index (χ2v) is 8.63. The molecule has 0 unspecified atom stereocenters. The van der Waals surface area contributed by atoms with Crippen LogP contribution >= 0.6 is 11.8 Å². The minimum absolute atomic E-state index is 0.515. The summed E-state index contributed by atoms with van der Waals surface area (Å²) < 4.78 is 11.7. The summed E-state index contributed by atoms with van der Waals surface area (Å²) in [5, 5.41) is 4.53. The van der Waals surface area contributed by atoms with Crippen molar-refractivity contribution in [3.63, 3.8) is 0 Å². The maximum atomic E-state index is 5.94. The van der Waals surface area contributed by atoms with Gasteiger partial charge in [-0.1, -0.05) is 18.2 Å². The van der Waals surface area contributed by atoms with E-state index in [1.165, 1.54) is 5.56 Å². The third kappa shape index (κ3) is 6.91. The lowest BCUT2D eigenvalue weighted by molar-refractivity contribution is 0.111. The van der Waals surface area contributed by atoms with Crippen molar-refractivity contribution in [2.24, 2.45) is 0 Å². The molecule has 0 bridgehead atoms. The van der Waals surface area contributed by atoms with Crippen LogP contribution in [0.25, 0.3) is 10.9 Å². The summed E-state index contributed by atoms with van der Waals surface area (Å²) in [6.07, 6.45) is 7.29. The SMILES string of the molecule is Cc1c(OCCOCCSCc2ccncc2)ccnc1CNc1cnc2ccccc2c1. The van der Waals surface area contributed by atoms with Crippen LogP contribution in [0.1, 0.15) is 16.8 Å². The van der Waals surface area contributed by atoms with Crippen molar-refractivity contribution in [3.8, 4) is 5.75 Å². The third-order valence-electron chi connectivity index (χ3n) is 5.18. The zero-order valence-corrected chi connectivity index (χ0v) is 19.6. The molecule has 0 fully saturated rings. The van der Waals surface area contributed by atoms with Gasteiger partial charge in [-0.3, -0.25) is 15.0 Å². The number of ether oxygens (including phenoxy) is 2. The maximum absolute atomic E-state index is 5.94. The van der Waals surface area contributed by atoms with Gasteiger partial charge in [0, 0.05) is 41.0 Å². The summed E-state index contributed by atoms with van der Waals surface area (Å²) in [5.74, 6) is 2.77. The molecular formula is C26H28N4O2S. The summed E-state index contributed by atoms with van der Waals surface area (Å²) in [6.45, 7) is 4.43. The Hall–Kier alpha value is -3.16. The first kappa shape index (κ1) is 23.0. The Labute approximate surface area is 198 Å². The van der Waals surface area contributed by atoms with Gasteiger partial charge in [0.2, 0.25) is 0 Å². The smallest absolute Gasteiger partial charge is 0.125 e. The van der Waals surface area contributed by atoms with Gasteiger partial charge in [0.05, 0.1) is 42.9 Å². The van der Waals surface area contributed by atoms with E-state index in [0.717, 1.165) is 45.1 Å². The second-order valence-electron chi connectivity index (χ2n) is 7.52. The van der Waals surface area contributed by atoms with Crippen LogP contribution in [-0.4, -0.2) is 40.5 Å². The quantitative estimate of drug-likeness (QED) is 0.289. The number of thioether (sulfide) groups is 1. The van der Waals surface area contributed by atoms with Crippen molar-refractivity contribution in [1.29, 1.82) is 0 Å². The fourth-order valence-corrected chi connectivity index (χ4v) is 4.15. The van der Waals surface area contributed by atoms with Crippen molar-refractivity contribution in [2.75, 3.05) is 30.9 Å². The number of nitrogens with zero attached hydrogens (tertiary/aromatic N) is 3. The Morgan fingerprint density at radius 2 is 1.82 bits per heavy atom. The fourth-order valence-electron chi connectivity index (χ4n) is 3.35. The van der Waals surface area contributed by atoms with Crippen molar-refractivity contribution >= 4 is 28.4 Å². The molecule has 4 rings (SSSR count). The minimum atomic E-state index is 0.515. The van der Waals surface area contributed by atoms with Crippen LogP contribution in [0.3, 0.4) is 0 Å². The lowest BCUT2D eigenvalue weighted by Crippen LogP contribution is -2.11. The predicted molar refractivity (Wildman–Crippen MR) is 135 cm³/mol. The van der Waals surface area contributed by atoms with Gasteiger partial charge >= 0.3 is 0 Å². The Morgan fingerprint density at radius 3 is 2.73 bits per heavy atom. The average Bonchev–Trinajstić information content (AvgIpc) is 2.86. The van der Waals surface area contributed by atoms with Crippen LogP contribution in [0.5, 0.6) is 5.75 Å². The lowest BCUT2D eigenvalue weighted by Gasteiger charge is -2.13. The molecule has 0 radical (unpaired) electrons. The molecule has 0 saturated heterocycles. The van der Waals surface area contributed by atoms with Crippen molar-refractivity contribution < 1.29 is 9.47 Å². The number of anilines is 1. The fraction of sp³-hybridized carbons (Fsp3) is 0.269. The van der Waals surface area contributed by atoms with Crippen LogP contribution in [0.2, 0.25) is 0 Å². The molecule has 0 atom stereocenters. The molecule has 33 heavy (non-hydrogen) atoms.